The Kier molecular flexibility index (Phi) is 3.17. The number of rotatable bonds is 1. The summed E-state index contributed by atoms with van der Waals surface area (Å²) in [4.78, 5) is 13.3. The van der Waals surface area contributed by atoms with Crippen molar-refractivity contribution >= 4 is 11.6 Å². The van der Waals surface area contributed by atoms with Crippen molar-refractivity contribution in [1.82, 2.24) is 4.98 Å². The molecule has 1 heterocycles. The molecule has 0 aliphatic carbocycles. The largest absolute Gasteiger partial charge is 0.417 e. The second-order valence-electron chi connectivity index (χ2n) is 3.59. The molecule has 0 aliphatic rings. The van der Waals surface area contributed by atoms with Gasteiger partial charge in [0.2, 0.25) is 5.56 Å². The SMILES string of the molecule is O=c1ccc(-c2ccccc2C(F)(F)F)c(Cl)[nH]1. The average molecular weight is 274 g/mol. The zero-order chi connectivity index (χ0) is 13.3. The highest BCUT2D eigenvalue weighted by molar-refractivity contribution is 6.32. The van der Waals surface area contributed by atoms with Crippen molar-refractivity contribution in [2.75, 3.05) is 0 Å². The minimum absolute atomic E-state index is 0.0637. The number of alkyl halides is 3. The lowest BCUT2D eigenvalue weighted by atomic mass is 10.0. The van der Waals surface area contributed by atoms with E-state index in [0.29, 0.717) is 0 Å². The zero-order valence-corrected chi connectivity index (χ0v) is 9.64. The highest BCUT2D eigenvalue weighted by Gasteiger charge is 2.33. The lowest BCUT2D eigenvalue weighted by Gasteiger charge is -2.13. The molecule has 0 unspecified atom stereocenters. The van der Waals surface area contributed by atoms with Crippen LogP contribution in [0.4, 0.5) is 13.2 Å². The number of aromatic nitrogens is 1. The first-order valence-electron chi connectivity index (χ1n) is 4.95. The molecule has 0 fully saturated rings. The molecule has 94 valence electrons. The normalized spacial score (nSPS) is 11.6. The van der Waals surface area contributed by atoms with E-state index in [9.17, 15) is 18.0 Å². The van der Waals surface area contributed by atoms with Crippen molar-refractivity contribution in [1.29, 1.82) is 0 Å². The van der Waals surface area contributed by atoms with E-state index < -0.39 is 17.3 Å². The maximum atomic E-state index is 12.8. The second-order valence-corrected chi connectivity index (χ2v) is 3.97. The monoisotopic (exact) mass is 273 g/mol. The summed E-state index contributed by atoms with van der Waals surface area (Å²) in [7, 11) is 0. The van der Waals surface area contributed by atoms with Crippen molar-refractivity contribution < 1.29 is 13.2 Å². The number of halogens is 4. The van der Waals surface area contributed by atoms with Crippen molar-refractivity contribution in [2.24, 2.45) is 0 Å². The molecule has 0 aliphatic heterocycles. The Balaban J connectivity index is 2.68. The van der Waals surface area contributed by atoms with Gasteiger partial charge in [0.05, 0.1) is 5.56 Å². The molecule has 0 amide bonds. The molecule has 0 saturated carbocycles. The summed E-state index contributed by atoms with van der Waals surface area (Å²) >= 11 is 5.76. The first kappa shape index (κ1) is 12.7. The van der Waals surface area contributed by atoms with Gasteiger partial charge in [0.1, 0.15) is 5.15 Å². The van der Waals surface area contributed by atoms with Crippen LogP contribution in [-0.4, -0.2) is 4.98 Å². The summed E-state index contributed by atoms with van der Waals surface area (Å²) in [6, 6.07) is 7.46. The van der Waals surface area contributed by atoms with Gasteiger partial charge in [-0.25, -0.2) is 0 Å². The van der Waals surface area contributed by atoms with E-state index in [1.165, 1.54) is 24.3 Å². The van der Waals surface area contributed by atoms with Gasteiger partial charge in [-0.2, -0.15) is 13.2 Å². The van der Waals surface area contributed by atoms with Gasteiger partial charge in [0.15, 0.2) is 0 Å². The van der Waals surface area contributed by atoms with Crippen molar-refractivity contribution in [3.63, 3.8) is 0 Å². The standard InChI is InChI=1S/C12H7ClF3NO/c13-11-8(5-6-10(18)17-11)7-3-1-2-4-9(7)12(14,15)16/h1-6H,(H,17,18). The molecule has 1 N–H and O–H groups in total. The summed E-state index contributed by atoms with van der Waals surface area (Å²) in [6.45, 7) is 0. The van der Waals surface area contributed by atoms with Crippen molar-refractivity contribution in [2.45, 2.75) is 6.18 Å². The highest BCUT2D eigenvalue weighted by atomic mass is 35.5. The van der Waals surface area contributed by atoms with E-state index in [1.54, 1.807) is 0 Å². The van der Waals surface area contributed by atoms with Crippen LogP contribution in [0.25, 0.3) is 11.1 Å². The predicted octanol–water partition coefficient (Wildman–Crippen LogP) is 3.71. The van der Waals surface area contributed by atoms with Crippen LogP contribution in [0, 0.1) is 0 Å². The van der Waals surface area contributed by atoms with Gasteiger partial charge in [0.25, 0.3) is 0 Å². The molecule has 0 atom stereocenters. The lowest BCUT2D eigenvalue weighted by Crippen LogP contribution is -2.09. The van der Waals surface area contributed by atoms with Gasteiger partial charge in [0, 0.05) is 11.6 Å². The average Bonchev–Trinajstić information content (AvgIpc) is 2.28. The molecule has 0 spiro atoms. The van der Waals surface area contributed by atoms with Crippen LogP contribution in [0.5, 0.6) is 0 Å². The third-order valence-electron chi connectivity index (χ3n) is 2.39. The van der Waals surface area contributed by atoms with Crippen molar-refractivity contribution in [3.8, 4) is 11.1 Å². The second kappa shape index (κ2) is 4.49. The van der Waals surface area contributed by atoms with E-state index in [0.717, 1.165) is 12.1 Å². The molecule has 2 rings (SSSR count). The molecule has 2 aromatic rings. The molecule has 0 saturated heterocycles. The van der Waals surface area contributed by atoms with Gasteiger partial charge in [-0.05, 0) is 17.7 Å². The molecule has 2 nitrogen and oxygen atoms in total. The van der Waals surface area contributed by atoms with Gasteiger partial charge in [-0.1, -0.05) is 29.8 Å². The Morgan fingerprint density at radius 3 is 2.28 bits per heavy atom. The molecule has 6 heteroatoms. The third-order valence-corrected chi connectivity index (χ3v) is 2.69. The van der Waals surface area contributed by atoms with Crippen LogP contribution in [0.2, 0.25) is 5.15 Å². The first-order valence-corrected chi connectivity index (χ1v) is 5.33. The molecule has 1 aromatic carbocycles. The van der Waals surface area contributed by atoms with Gasteiger partial charge in [-0.3, -0.25) is 4.79 Å². The summed E-state index contributed by atoms with van der Waals surface area (Å²) in [5.41, 5.74) is -1.18. The highest BCUT2D eigenvalue weighted by Crippen LogP contribution is 2.38. The summed E-state index contributed by atoms with van der Waals surface area (Å²) in [5, 5.41) is -0.112. The fraction of sp³-hybridized carbons (Fsp3) is 0.0833. The number of hydrogen-bond donors (Lipinski definition) is 1. The van der Waals surface area contributed by atoms with E-state index in [2.05, 4.69) is 4.98 Å². The van der Waals surface area contributed by atoms with Crippen LogP contribution in [0.3, 0.4) is 0 Å². The van der Waals surface area contributed by atoms with E-state index in [-0.39, 0.29) is 16.3 Å². The van der Waals surface area contributed by atoms with Crippen LogP contribution in [0.1, 0.15) is 5.56 Å². The summed E-state index contributed by atoms with van der Waals surface area (Å²) in [5.74, 6) is 0. The number of pyridine rings is 1. The van der Waals surface area contributed by atoms with Crippen LogP contribution in [0.15, 0.2) is 41.2 Å². The number of hydrogen-bond acceptors (Lipinski definition) is 1. The molecular formula is C12H7ClF3NO. The Labute approximate surface area is 105 Å². The first-order chi connectivity index (χ1) is 8.39. The van der Waals surface area contributed by atoms with Crippen LogP contribution < -0.4 is 5.56 Å². The minimum atomic E-state index is -4.48. The quantitative estimate of drug-likeness (QED) is 0.789. The zero-order valence-electron chi connectivity index (χ0n) is 8.88. The summed E-state index contributed by atoms with van der Waals surface area (Å²) in [6.07, 6.45) is -4.48. The third kappa shape index (κ3) is 2.41. The number of benzene rings is 1. The Morgan fingerprint density at radius 1 is 1.00 bits per heavy atom. The van der Waals surface area contributed by atoms with E-state index in [4.69, 9.17) is 11.6 Å². The molecule has 0 radical (unpaired) electrons. The van der Waals surface area contributed by atoms with E-state index in [1.807, 2.05) is 0 Å². The van der Waals surface area contributed by atoms with Crippen LogP contribution in [-0.2, 0) is 6.18 Å². The fourth-order valence-electron chi connectivity index (χ4n) is 1.62. The Bertz CT molecular complexity index is 634. The predicted molar refractivity (Wildman–Crippen MR) is 62.5 cm³/mol. The smallest absolute Gasteiger partial charge is 0.312 e. The van der Waals surface area contributed by atoms with Crippen LogP contribution >= 0.6 is 11.6 Å². The van der Waals surface area contributed by atoms with E-state index >= 15 is 0 Å². The Morgan fingerprint density at radius 2 is 1.67 bits per heavy atom. The topological polar surface area (TPSA) is 32.9 Å². The number of aromatic amines is 1. The van der Waals surface area contributed by atoms with Crippen molar-refractivity contribution in [3.05, 3.63) is 57.5 Å². The maximum absolute atomic E-state index is 12.8. The fourth-order valence-corrected chi connectivity index (χ4v) is 1.88. The van der Waals surface area contributed by atoms with Gasteiger partial charge >= 0.3 is 6.18 Å². The number of H-pyrrole nitrogens is 1. The van der Waals surface area contributed by atoms with Gasteiger partial charge in [-0.15, -0.1) is 0 Å². The van der Waals surface area contributed by atoms with Gasteiger partial charge < -0.3 is 4.98 Å². The Hall–Kier alpha value is -1.75. The maximum Gasteiger partial charge on any atom is 0.417 e. The molecule has 0 bridgehead atoms. The minimum Gasteiger partial charge on any atom is -0.312 e. The lowest BCUT2D eigenvalue weighted by molar-refractivity contribution is -0.137. The molecule has 1 aromatic heterocycles. The molecule has 18 heavy (non-hydrogen) atoms. The number of nitrogens with one attached hydrogen (secondary N) is 1. The summed E-state index contributed by atoms with van der Waals surface area (Å²) < 4.78 is 38.5. The molecular weight excluding hydrogens is 267 g/mol.